The maximum absolute atomic E-state index is 13.8. The average Bonchev–Trinajstić information content (AvgIpc) is 3.45. The quantitative estimate of drug-likeness (QED) is 0.395. The first-order chi connectivity index (χ1) is 18.1. The molecule has 3 heterocycles. The molecule has 0 unspecified atom stereocenters. The number of aryl methyl sites for hydroxylation is 1. The highest BCUT2D eigenvalue weighted by Crippen LogP contribution is 2.31. The van der Waals surface area contributed by atoms with Gasteiger partial charge in [-0.2, -0.15) is 4.98 Å². The van der Waals surface area contributed by atoms with Crippen LogP contribution in [0.3, 0.4) is 0 Å². The molecule has 2 N–H and O–H groups in total. The smallest absolute Gasteiger partial charge is 0.256 e. The van der Waals surface area contributed by atoms with Gasteiger partial charge in [-0.05, 0) is 55.7 Å². The Morgan fingerprint density at radius 1 is 1.03 bits per heavy atom. The Morgan fingerprint density at radius 3 is 2.57 bits per heavy atom. The van der Waals surface area contributed by atoms with Crippen molar-refractivity contribution in [3.63, 3.8) is 0 Å². The minimum Gasteiger partial charge on any atom is -0.369 e. The number of rotatable bonds is 6. The van der Waals surface area contributed by atoms with Crippen LogP contribution in [0, 0.1) is 6.92 Å². The van der Waals surface area contributed by atoms with E-state index in [1.165, 1.54) is 11.3 Å². The van der Waals surface area contributed by atoms with Gasteiger partial charge in [0.25, 0.3) is 5.56 Å². The normalized spacial score (nSPS) is 16.4. The molecule has 1 aliphatic carbocycles. The number of hydrogen-bond acceptors (Lipinski definition) is 6. The van der Waals surface area contributed by atoms with Crippen LogP contribution < -0.4 is 21.1 Å². The average molecular weight is 495 g/mol. The Labute approximate surface area is 217 Å². The SMILES string of the molecule is Cc1cccc(Cc2cc3cnc(Nc4ccc(N5CCNCC5)cc4)nc3n(C3CCCC3)c2=O)c1. The van der Waals surface area contributed by atoms with Crippen molar-refractivity contribution < 1.29 is 0 Å². The second kappa shape index (κ2) is 10.3. The summed E-state index contributed by atoms with van der Waals surface area (Å²) >= 11 is 0. The van der Waals surface area contributed by atoms with Gasteiger partial charge in [0, 0.05) is 67.2 Å². The van der Waals surface area contributed by atoms with Crippen molar-refractivity contribution in [2.24, 2.45) is 0 Å². The number of nitrogens with one attached hydrogen (secondary N) is 2. The number of benzene rings is 2. The van der Waals surface area contributed by atoms with E-state index in [1.54, 1.807) is 0 Å². The molecule has 37 heavy (non-hydrogen) atoms. The van der Waals surface area contributed by atoms with E-state index in [-0.39, 0.29) is 11.6 Å². The van der Waals surface area contributed by atoms with Crippen molar-refractivity contribution in [3.05, 3.63) is 87.8 Å². The maximum Gasteiger partial charge on any atom is 0.256 e. The summed E-state index contributed by atoms with van der Waals surface area (Å²) in [6, 6.07) is 19.0. The third kappa shape index (κ3) is 5.09. The van der Waals surface area contributed by atoms with Crippen LogP contribution >= 0.6 is 0 Å². The highest BCUT2D eigenvalue weighted by atomic mass is 16.1. The van der Waals surface area contributed by atoms with Gasteiger partial charge in [-0.1, -0.05) is 42.7 Å². The Kier molecular flexibility index (Phi) is 6.62. The molecule has 0 amide bonds. The van der Waals surface area contributed by atoms with Crippen LogP contribution in [0.4, 0.5) is 17.3 Å². The number of hydrogen-bond donors (Lipinski definition) is 2. The zero-order chi connectivity index (χ0) is 25.2. The number of piperazine rings is 1. The van der Waals surface area contributed by atoms with Gasteiger partial charge in [0.05, 0.1) is 0 Å². The van der Waals surface area contributed by atoms with Gasteiger partial charge in [-0.15, -0.1) is 0 Å². The molecule has 2 aromatic carbocycles. The highest BCUT2D eigenvalue weighted by Gasteiger charge is 2.23. The molecule has 7 heteroatoms. The topological polar surface area (TPSA) is 75.1 Å². The predicted molar refractivity (Wildman–Crippen MR) is 150 cm³/mol. The van der Waals surface area contributed by atoms with Crippen molar-refractivity contribution in [1.29, 1.82) is 0 Å². The first-order valence-corrected chi connectivity index (χ1v) is 13.4. The van der Waals surface area contributed by atoms with Crippen molar-refractivity contribution >= 4 is 28.4 Å². The number of fused-ring (bicyclic) bond motifs is 1. The van der Waals surface area contributed by atoms with E-state index in [9.17, 15) is 4.79 Å². The van der Waals surface area contributed by atoms with Crippen LogP contribution in [-0.2, 0) is 6.42 Å². The third-order valence-corrected chi connectivity index (χ3v) is 7.62. The monoisotopic (exact) mass is 494 g/mol. The second-order valence-corrected chi connectivity index (χ2v) is 10.3. The summed E-state index contributed by atoms with van der Waals surface area (Å²) in [7, 11) is 0. The molecule has 4 aromatic rings. The van der Waals surface area contributed by atoms with E-state index in [4.69, 9.17) is 4.98 Å². The summed E-state index contributed by atoms with van der Waals surface area (Å²) in [5.74, 6) is 0.514. The van der Waals surface area contributed by atoms with Gasteiger partial charge >= 0.3 is 0 Å². The minimum atomic E-state index is 0.0749. The fourth-order valence-corrected chi connectivity index (χ4v) is 5.72. The van der Waals surface area contributed by atoms with Crippen molar-refractivity contribution in [1.82, 2.24) is 19.9 Å². The molecular formula is C30H34N6O. The summed E-state index contributed by atoms with van der Waals surface area (Å²) in [5, 5.41) is 7.66. The molecule has 0 atom stereocenters. The number of pyridine rings is 1. The zero-order valence-corrected chi connectivity index (χ0v) is 21.4. The van der Waals surface area contributed by atoms with E-state index in [1.807, 2.05) is 16.8 Å². The van der Waals surface area contributed by atoms with Gasteiger partial charge in [0.2, 0.25) is 5.95 Å². The van der Waals surface area contributed by atoms with Gasteiger partial charge in [-0.25, -0.2) is 4.98 Å². The first-order valence-electron chi connectivity index (χ1n) is 13.4. The molecule has 2 aliphatic rings. The maximum atomic E-state index is 13.8. The zero-order valence-electron chi connectivity index (χ0n) is 21.4. The lowest BCUT2D eigenvalue weighted by molar-refractivity contribution is 0.513. The Bertz CT molecular complexity index is 1450. The van der Waals surface area contributed by atoms with Crippen molar-refractivity contribution in [2.75, 3.05) is 36.4 Å². The summed E-state index contributed by atoms with van der Waals surface area (Å²) in [5.41, 5.74) is 6.11. The molecule has 0 bridgehead atoms. The molecule has 2 fully saturated rings. The number of anilines is 3. The Morgan fingerprint density at radius 2 is 1.81 bits per heavy atom. The molecular weight excluding hydrogens is 460 g/mol. The highest BCUT2D eigenvalue weighted by molar-refractivity contribution is 5.77. The fourth-order valence-electron chi connectivity index (χ4n) is 5.72. The predicted octanol–water partition coefficient (Wildman–Crippen LogP) is 4.96. The van der Waals surface area contributed by atoms with Crippen LogP contribution in [0.15, 0.2) is 65.6 Å². The Balaban J connectivity index is 1.32. The largest absolute Gasteiger partial charge is 0.369 e. The van der Waals surface area contributed by atoms with E-state index in [0.717, 1.165) is 79.7 Å². The number of nitrogens with zero attached hydrogens (tertiary/aromatic N) is 4. The van der Waals surface area contributed by atoms with Crippen LogP contribution in [0.2, 0.25) is 0 Å². The van der Waals surface area contributed by atoms with Gasteiger partial charge < -0.3 is 15.5 Å². The Hall–Kier alpha value is -3.71. The lowest BCUT2D eigenvalue weighted by atomic mass is 10.0. The summed E-state index contributed by atoms with van der Waals surface area (Å²) in [6.07, 6.45) is 6.80. The first kappa shape index (κ1) is 23.7. The minimum absolute atomic E-state index is 0.0749. The van der Waals surface area contributed by atoms with E-state index in [2.05, 4.69) is 76.0 Å². The van der Waals surface area contributed by atoms with Gasteiger partial charge in [0.15, 0.2) is 0 Å². The van der Waals surface area contributed by atoms with Gasteiger partial charge in [0.1, 0.15) is 5.65 Å². The summed E-state index contributed by atoms with van der Waals surface area (Å²) < 4.78 is 1.95. The molecule has 190 valence electrons. The molecule has 1 aliphatic heterocycles. The summed E-state index contributed by atoms with van der Waals surface area (Å²) in [4.78, 5) is 25.7. The van der Waals surface area contributed by atoms with Crippen molar-refractivity contribution in [2.45, 2.75) is 45.1 Å². The molecule has 0 spiro atoms. The standard InChI is InChI=1S/C30H34N6O/c1-21-5-4-6-22(17-21)18-23-19-24-20-32-30(34-28(24)36(29(23)37)27-7-2-3-8-27)33-25-9-11-26(12-10-25)35-15-13-31-14-16-35/h4-6,9-12,17,19-20,27,31H,2-3,7-8,13-16,18H2,1H3,(H,32,33,34). The fraction of sp³-hybridized carbons (Fsp3) is 0.367. The van der Waals surface area contributed by atoms with Crippen LogP contribution in [0.5, 0.6) is 0 Å². The molecule has 1 saturated carbocycles. The third-order valence-electron chi connectivity index (χ3n) is 7.62. The van der Waals surface area contributed by atoms with Gasteiger partial charge in [-0.3, -0.25) is 9.36 Å². The van der Waals surface area contributed by atoms with Crippen LogP contribution in [0.1, 0.15) is 48.4 Å². The molecule has 7 nitrogen and oxygen atoms in total. The van der Waals surface area contributed by atoms with E-state index >= 15 is 0 Å². The second-order valence-electron chi connectivity index (χ2n) is 10.3. The molecule has 2 aromatic heterocycles. The molecule has 6 rings (SSSR count). The van der Waals surface area contributed by atoms with E-state index < -0.39 is 0 Å². The van der Waals surface area contributed by atoms with E-state index in [0.29, 0.717) is 12.4 Å². The molecule has 1 saturated heterocycles. The van der Waals surface area contributed by atoms with Crippen LogP contribution in [-0.4, -0.2) is 40.7 Å². The lowest BCUT2D eigenvalue weighted by Crippen LogP contribution is -2.43. The lowest BCUT2D eigenvalue weighted by Gasteiger charge is -2.29. The van der Waals surface area contributed by atoms with Crippen molar-refractivity contribution in [3.8, 4) is 0 Å². The van der Waals surface area contributed by atoms with Crippen LogP contribution in [0.25, 0.3) is 11.0 Å². The summed E-state index contributed by atoms with van der Waals surface area (Å²) in [6.45, 7) is 6.15. The number of aromatic nitrogens is 3. The molecule has 0 radical (unpaired) electrons.